The second-order valence-corrected chi connectivity index (χ2v) is 7.54. The Morgan fingerprint density at radius 3 is 2.74 bits per heavy atom. The van der Waals surface area contributed by atoms with E-state index in [-0.39, 0.29) is 11.9 Å². The smallest absolute Gasteiger partial charge is 0.127 e. The van der Waals surface area contributed by atoms with Crippen molar-refractivity contribution in [2.75, 3.05) is 26.2 Å². The highest BCUT2D eigenvalue weighted by atomic mass is 19.1. The minimum absolute atomic E-state index is 0.0632. The van der Waals surface area contributed by atoms with Gasteiger partial charge in [0.25, 0.3) is 0 Å². The highest BCUT2D eigenvalue weighted by Gasteiger charge is 2.28. The van der Waals surface area contributed by atoms with Crippen LogP contribution in [0.25, 0.3) is 0 Å². The first kappa shape index (κ1) is 16.9. The van der Waals surface area contributed by atoms with E-state index in [0.29, 0.717) is 0 Å². The van der Waals surface area contributed by atoms with Gasteiger partial charge in [-0.05, 0) is 64.6 Å². The van der Waals surface area contributed by atoms with Crippen LogP contribution in [0.3, 0.4) is 0 Å². The maximum absolute atomic E-state index is 14.1. The fourth-order valence-corrected chi connectivity index (χ4v) is 4.37. The molecule has 2 aliphatic rings. The Bertz CT molecular complexity index is 504. The third kappa shape index (κ3) is 4.13. The second kappa shape index (κ2) is 7.76. The van der Waals surface area contributed by atoms with Gasteiger partial charge in [0.2, 0.25) is 0 Å². The molecule has 0 amide bonds. The molecule has 0 aliphatic carbocycles. The van der Waals surface area contributed by atoms with Crippen molar-refractivity contribution in [2.24, 2.45) is 5.92 Å². The summed E-state index contributed by atoms with van der Waals surface area (Å²) in [4.78, 5) is 5.17. The summed E-state index contributed by atoms with van der Waals surface area (Å²) in [6, 6.07) is 8.17. The van der Waals surface area contributed by atoms with E-state index >= 15 is 0 Å². The quantitative estimate of drug-likeness (QED) is 0.808. The van der Waals surface area contributed by atoms with Gasteiger partial charge in [0.1, 0.15) is 5.82 Å². The zero-order valence-electron chi connectivity index (χ0n) is 14.7. The summed E-state index contributed by atoms with van der Waals surface area (Å²) in [6.45, 7) is 9.23. The first-order valence-electron chi connectivity index (χ1n) is 9.37. The van der Waals surface area contributed by atoms with Crippen molar-refractivity contribution in [1.29, 1.82) is 0 Å². The maximum Gasteiger partial charge on any atom is 0.127 e. The molecule has 0 saturated carbocycles. The molecule has 3 unspecified atom stereocenters. The average Bonchev–Trinajstić information content (AvgIpc) is 2.57. The Labute approximate surface area is 140 Å². The van der Waals surface area contributed by atoms with Gasteiger partial charge in [0.15, 0.2) is 0 Å². The molecule has 3 heteroatoms. The number of likely N-dealkylation sites (tertiary alicyclic amines) is 2. The van der Waals surface area contributed by atoms with Gasteiger partial charge >= 0.3 is 0 Å². The van der Waals surface area contributed by atoms with E-state index in [4.69, 9.17) is 0 Å². The minimum Gasteiger partial charge on any atom is -0.300 e. The molecule has 0 radical (unpaired) electrons. The van der Waals surface area contributed by atoms with E-state index < -0.39 is 0 Å². The van der Waals surface area contributed by atoms with Crippen LogP contribution in [0, 0.1) is 11.7 Å². The molecule has 0 spiro atoms. The summed E-state index contributed by atoms with van der Waals surface area (Å²) < 4.78 is 14.1. The van der Waals surface area contributed by atoms with Crippen molar-refractivity contribution < 1.29 is 4.39 Å². The number of piperidine rings is 2. The maximum atomic E-state index is 14.1. The molecule has 2 saturated heterocycles. The van der Waals surface area contributed by atoms with Crippen LogP contribution >= 0.6 is 0 Å². The lowest BCUT2D eigenvalue weighted by Crippen LogP contribution is -2.45. The number of halogens is 1. The summed E-state index contributed by atoms with van der Waals surface area (Å²) in [6.07, 6.45) is 6.66. The first-order chi connectivity index (χ1) is 11.1. The minimum atomic E-state index is -0.0632. The van der Waals surface area contributed by atoms with E-state index in [9.17, 15) is 4.39 Å². The van der Waals surface area contributed by atoms with E-state index in [1.54, 1.807) is 12.1 Å². The zero-order chi connectivity index (χ0) is 16.2. The molecule has 0 N–H and O–H groups in total. The highest BCUT2D eigenvalue weighted by molar-refractivity contribution is 5.20. The van der Waals surface area contributed by atoms with Crippen molar-refractivity contribution in [3.8, 4) is 0 Å². The molecule has 23 heavy (non-hydrogen) atoms. The fourth-order valence-electron chi connectivity index (χ4n) is 4.37. The topological polar surface area (TPSA) is 6.48 Å². The molecule has 2 aliphatic heterocycles. The number of nitrogens with zero attached hydrogens (tertiary/aromatic N) is 2. The summed E-state index contributed by atoms with van der Waals surface area (Å²) >= 11 is 0. The molecule has 3 atom stereocenters. The molecule has 3 rings (SSSR count). The van der Waals surface area contributed by atoms with Crippen LogP contribution in [-0.4, -0.2) is 42.0 Å². The predicted molar refractivity (Wildman–Crippen MR) is 94.0 cm³/mol. The van der Waals surface area contributed by atoms with E-state index in [1.807, 2.05) is 12.1 Å². The SMILES string of the molecule is CC1CCCCN1CC1CCCN(C(C)c2ccccc2F)C1. The number of hydrogen-bond acceptors (Lipinski definition) is 2. The number of benzene rings is 1. The molecule has 2 fully saturated rings. The lowest BCUT2D eigenvalue weighted by Gasteiger charge is -2.41. The van der Waals surface area contributed by atoms with Gasteiger partial charge in [-0.2, -0.15) is 0 Å². The van der Waals surface area contributed by atoms with Crippen molar-refractivity contribution in [3.05, 3.63) is 35.6 Å². The summed E-state index contributed by atoms with van der Waals surface area (Å²) in [5.74, 6) is 0.672. The molecule has 2 heterocycles. The molecule has 1 aromatic carbocycles. The van der Waals surface area contributed by atoms with Crippen LogP contribution in [0.5, 0.6) is 0 Å². The number of rotatable bonds is 4. The molecule has 128 valence electrons. The second-order valence-electron chi connectivity index (χ2n) is 7.54. The number of hydrogen-bond donors (Lipinski definition) is 0. The van der Waals surface area contributed by atoms with Crippen LogP contribution < -0.4 is 0 Å². The molecular weight excluding hydrogens is 287 g/mol. The normalized spacial score (nSPS) is 28.7. The Kier molecular flexibility index (Phi) is 5.71. The van der Waals surface area contributed by atoms with Crippen molar-refractivity contribution >= 4 is 0 Å². The highest BCUT2D eigenvalue weighted by Crippen LogP contribution is 2.29. The summed E-state index contributed by atoms with van der Waals surface area (Å²) in [5.41, 5.74) is 0.847. The predicted octanol–water partition coefficient (Wildman–Crippen LogP) is 4.47. The summed E-state index contributed by atoms with van der Waals surface area (Å²) in [5, 5.41) is 0. The lowest BCUT2D eigenvalue weighted by molar-refractivity contribution is 0.0770. The fraction of sp³-hybridized carbons (Fsp3) is 0.700. The van der Waals surface area contributed by atoms with Gasteiger partial charge in [-0.3, -0.25) is 4.90 Å². The van der Waals surface area contributed by atoms with E-state index in [1.165, 1.54) is 45.2 Å². The van der Waals surface area contributed by atoms with Gasteiger partial charge in [0, 0.05) is 30.7 Å². The lowest BCUT2D eigenvalue weighted by atomic mass is 9.93. The third-order valence-corrected chi connectivity index (χ3v) is 5.89. The monoisotopic (exact) mass is 318 g/mol. The third-order valence-electron chi connectivity index (χ3n) is 5.89. The molecular formula is C20H31FN2. The average molecular weight is 318 g/mol. The Balaban J connectivity index is 1.60. The van der Waals surface area contributed by atoms with Gasteiger partial charge in [-0.25, -0.2) is 4.39 Å². The first-order valence-corrected chi connectivity index (χ1v) is 9.37. The van der Waals surface area contributed by atoms with Gasteiger partial charge in [0.05, 0.1) is 0 Å². The molecule has 1 aromatic rings. The van der Waals surface area contributed by atoms with Crippen molar-refractivity contribution in [1.82, 2.24) is 9.80 Å². The van der Waals surface area contributed by atoms with Gasteiger partial charge in [-0.1, -0.05) is 24.6 Å². The Morgan fingerprint density at radius 1 is 1.13 bits per heavy atom. The van der Waals surface area contributed by atoms with Crippen LogP contribution in [0.15, 0.2) is 24.3 Å². The Hall–Kier alpha value is -0.930. The van der Waals surface area contributed by atoms with Gasteiger partial charge in [-0.15, -0.1) is 0 Å². The molecule has 0 aromatic heterocycles. The summed E-state index contributed by atoms with van der Waals surface area (Å²) in [7, 11) is 0. The van der Waals surface area contributed by atoms with E-state index in [2.05, 4.69) is 23.6 Å². The zero-order valence-corrected chi connectivity index (χ0v) is 14.7. The van der Waals surface area contributed by atoms with Crippen LogP contribution in [0.2, 0.25) is 0 Å². The van der Waals surface area contributed by atoms with Crippen LogP contribution in [0.1, 0.15) is 57.6 Å². The largest absolute Gasteiger partial charge is 0.300 e. The standard InChI is InChI=1S/C20H31FN2/c1-16-8-5-6-12-22(16)14-18-9-7-13-23(15-18)17(2)19-10-3-4-11-20(19)21/h3-4,10-11,16-18H,5-9,12-15H2,1-2H3. The van der Waals surface area contributed by atoms with Crippen molar-refractivity contribution in [3.63, 3.8) is 0 Å². The molecule has 2 nitrogen and oxygen atoms in total. The van der Waals surface area contributed by atoms with Crippen molar-refractivity contribution in [2.45, 2.75) is 58.0 Å². The Morgan fingerprint density at radius 2 is 1.96 bits per heavy atom. The molecule has 0 bridgehead atoms. The van der Waals surface area contributed by atoms with Crippen LogP contribution in [-0.2, 0) is 0 Å². The van der Waals surface area contributed by atoms with E-state index in [0.717, 1.165) is 30.6 Å². The van der Waals surface area contributed by atoms with Crippen LogP contribution in [0.4, 0.5) is 4.39 Å². The van der Waals surface area contributed by atoms with Gasteiger partial charge < -0.3 is 4.90 Å².